The van der Waals surface area contributed by atoms with Gasteiger partial charge in [-0.2, -0.15) is 13.2 Å². The van der Waals surface area contributed by atoms with Crippen LogP contribution in [-0.4, -0.2) is 41.9 Å². The Morgan fingerprint density at radius 1 is 1.31 bits per heavy atom. The van der Waals surface area contributed by atoms with E-state index in [4.69, 9.17) is 4.74 Å². The number of hydrogen-bond acceptors (Lipinski definition) is 5. The molecule has 0 saturated heterocycles. The van der Waals surface area contributed by atoms with Crippen LogP contribution in [0.3, 0.4) is 0 Å². The monoisotopic (exact) mass is 430 g/mol. The zero-order valence-corrected chi connectivity index (χ0v) is 17.3. The zero-order valence-electron chi connectivity index (χ0n) is 16.5. The second-order valence-electron chi connectivity index (χ2n) is 6.31. The highest BCUT2D eigenvalue weighted by atomic mass is 32.1. The van der Waals surface area contributed by atoms with E-state index in [0.717, 1.165) is 27.7 Å². The smallest absolute Gasteiger partial charge is 0.416 e. The number of guanidine groups is 1. The molecular formula is C19H25F3N4O2S. The van der Waals surface area contributed by atoms with Gasteiger partial charge in [-0.05, 0) is 39.0 Å². The molecule has 10 heteroatoms. The Morgan fingerprint density at radius 2 is 2.07 bits per heavy atom. The van der Waals surface area contributed by atoms with E-state index >= 15 is 0 Å². The fraction of sp³-hybridized carbons (Fsp3) is 0.474. The van der Waals surface area contributed by atoms with E-state index in [1.807, 2.05) is 20.8 Å². The van der Waals surface area contributed by atoms with Crippen LogP contribution >= 0.6 is 11.3 Å². The average Bonchev–Trinajstić information content (AvgIpc) is 2.99. The first-order valence-corrected chi connectivity index (χ1v) is 9.94. The van der Waals surface area contributed by atoms with E-state index in [1.54, 1.807) is 11.3 Å². The van der Waals surface area contributed by atoms with Gasteiger partial charge in [-0.3, -0.25) is 0 Å². The summed E-state index contributed by atoms with van der Waals surface area (Å²) in [5.74, 6) is 0.576. The molecule has 29 heavy (non-hydrogen) atoms. The van der Waals surface area contributed by atoms with Crippen molar-refractivity contribution in [3.8, 4) is 5.75 Å². The van der Waals surface area contributed by atoms with Crippen molar-refractivity contribution in [2.75, 3.05) is 19.7 Å². The van der Waals surface area contributed by atoms with E-state index in [-0.39, 0.29) is 18.9 Å². The molecule has 160 valence electrons. The topological polar surface area (TPSA) is 78.8 Å². The summed E-state index contributed by atoms with van der Waals surface area (Å²) in [6.07, 6.45) is -5.37. The Morgan fingerprint density at radius 3 is 2.69 bits per heavy atom. The third kappa shape index (κ3) is 7.54. The van der Waals surface area contributed by atoms with Crippen LogP contribution in [0.15, 0.2) is 29.3 Å². The maximum absolute atomic E-state index is 12.7. The fourth-order valence-electron chi connectivity index (χ4n) is 2.44. The molecule has 1 atom stereocenters. The first-order chi connectivity index (χ1) is 13.7. The highest BCUT2D eigenvalue weighted by Crippen LogP contribution is 2.31. The number of nitrogens with zero attached hydrogens (tertiary/aromatic N) is 2. The Balaban J connectivity index is 1.86. The molecule has 0 aliphatic heterocycles. The Kier molecular flexibility index (Phi) is 8.27. The van der Waals surface area contributed by atoms with E-state index in [0.29, 0.717) is 19.0 Å². The molecule has 1 aromatic carbocycles. The first kappa shape index (κ1) is 23.0. The number of thiazole rings is 1. The number of aromatic nitrogens is 1. The highest BCUT2D eigenvalue weighted by molar-refractivity contribution is 7.11. The Labute approximate surface area is 171 Å². The lowest BCUT2D eigenvalue weighted by atomic mass is 10.2. The van der Waals surface area contributed by atoms with Crippen LogP contribution in [0.1, 0.15) is 28.1 Å². The number of ether oxygens (including phenoxy) is 1. The van der Waals surface area contributed by atoms with Crippen molar-refractivity contribution in [3.63, 3.8) is 0 Å². The molecule has 0 amide bonds. The molecule has 0 radical (unpaired) electrons. The molecule has 0 aliphatic rings. The molecule has 0 spiro atoms. The molecule has 1 heterocycles. The maximum atomic E-state index is 12.7. The summed E-state index contributed by atoms with van der Waals surface area (Å²) >= 11 is 1.58. The van der Waals surface area contributed by atoms with E-state index in [2.05, 4.69) is 20.6 Å². The van der Waals surface area contributed by atoms with Crippen molar-refractivity contribution in [1.29, 1.82) is 0 Å². The molecule has 0 fully saturated rings. The largest absolute Gasteiger partial charge is 0.491 e. The van der Waals surface area contributed by atoms with Crippen molar-refractivity contribution in [2.24, 2.45) is 4.99 Å². The normalized spacial score (nSPS) is 13.3. The van der Waals surface area contributed by atoms with Crippen LogP contribution in [0, 0.1) is 13.8 Å². The SMILES string of the molecule is CCNC(=NCc1sc(C)nc1C)NCC(O)COc1cccc(C(F)(F)F)c1. The minimum absolute atomic E-state index is 0.0514. The summed E-state index contributed by atoms with van der Waals surface area (Å²) in [4.78, 5) is 9.90. The van der Waals surface area contributed by atoms with E-state index in [1.165, 1.54) is 12.1 Å². The number of halogens is 3. The third-order valence-electron chi connectivity index (χ3n) is 3.83. The molecule has 6 nitrogen and oxygen atoms in total. The summed E-state index contributed by atoms with van der Waals surface area (Å²) in [6, 6.07) is 4.56. The second kappa shape index (κ2) is 10.4. The van der Waals surface area contributed by atoms with Gasteiger partial charge in [0.2, 0.25) is 0 Å². The van der Waals surface area contributed by atoms with Crippen molar-refractivity contribution in [2.45, 2.75) is 39.6 Å². The van der Waals surface area contributed by atoms with Gasteiger partial charge in [-0.1, -0.05) is 6.07 Å². The number of rotatable bonds is 8. The van der Waals surface area contributed by atoms with Gasteiger partial charge in [0.15, 0.2) is 5.96 Å². The molecule has 0 aliphatic carbocycles. The lowest BCUT2D eigenvalue weighted by molar-refractivity contribution is -0.137. The van der Waals surface area contributed by atoms with Crippen molar-refractivity contribution >= 4 is 17.3 Å². The third-order valence-corrected chi connectivity index (χ3v) is 4.89. The minimum atomic E-state index is -4.44. The van der Waals surface area contributed by atoms with E-state index in [9.17, 15) is 18.3 Å². The van der Waals surface area contributed by atoms with Gasteiger partial charge in [0, 0.05) is 18.0 Å². The molecular weight excluding hydrogens is 405 g/mol. The lowest BCUT2D eigenvalue weighted by Gasteiger charge is -2.16. The molecule has 2 rings (SSSR count). The van der Waals surface area contributed by atoms with Gasteiger partial charge in [0.25, 0.3) is 0 Å². The maximum Gasteiger partial charge on any atom is 0.416 e. The second-order valence-corrected chi connectivity index (χ2v) is 7.60. The first-order valence-electron chi connectivity index (χ1n) is 9.12. The van der Waals surface area contributed by atoms with Gasteiger partial charge in [-0.25, -0.2) is 9.98 Å². The molecule has 1 unspecified atom stereocenters. The highest BCUT2D eigenvalue weighted by Gasteiger charge is 2.30. The number of benzene rings is 1. The van der Waals surface area contributed by atoms with Gasteiger partial charge in [0.05, 0.1) is 22.8 Å². The van der Waals surface area contributed by atoms with Gasteiger partial charge >= 0.3 is 6.18 Å². The van der Waals surface area contributed by atoms with Crippen LogP contribution in [0.2, 0.25) is 0 Å². The number of aliphatic imine (C=N–C) groups is 1. The van der Waals surface area contributed by atoms with Crippen molar-refractivity contribution < 1.29 is 23.0 Å². The summed E-state index contributed by atoms with van der Waals surface area (Å²) in [5, 5.41) is 17.1. The van der Waals surface area contributed by atoms with Crippen LogP contribution in [-0.2, 0) is 12.7 Å². The van der Waals surface area contributed by atoms with Crippen molar-refractivity contribution in [1.82, 2.24) is 15.6 Å². The fourth-order valence-corrected chi connectivity index (χ4v) is 3.30. The molecule has 3 N–H and O–H groups in total. The summed E-state index contributed by atoms with van der Waals surface area (Å²) in [7, 11) is 0. The number of aryl methyl sites for hydroxylation is 2. The van der Waals surface area contributed by atoms with Gasteiger partial charge in [-0.15, -0.1) is 11.3 Å². The average molecular weight is 430 g/mol. The number of aliphatic hydroxyl groups is 1. The predicted octanol–water partition coefficient (Wildman–Crippen LogP) is 3.27. The Hall–Kier alpha value is -2.33. The van der Waals surface area contributed by atoms with Crippen LogP contribution in [0.4, 0.5) is 13.2 Å². The molecule has 2 aromatic rings. The lowest BCUT2D eigenvalue weighted by Crippen LogP contribution is -2.42. The van der Waals surface area contributed by atoms with Crippen molar-refractivity contribution in [3.05, 3.63) is 45.4 Å². The standard InChI is InChI=1S/C19H25F3N4O2S/c1-4-23-18(25-10-17-12(2)26-13(3)29-17)24-9-15(27)11-28-16-7-5-6-14(8-16)19(20,21)22/h5-8,15,27H,4,9-11H2,1-3H3,(H2,23,24,25). The quantitative estimate of drug-likeness (QED) is 0.443. The number of alkyl halides is 3. The number of aliphatic hydroxyl groups excluding tert-OH is 1. The predicted molar refractivity (Wildman–Crippen MR) is 107 cm³/mol. The van der Waals surface area contributed by atoms with E-state index < -0.39 is 17.8 Å². The molecule has 0 saturated carbocycles. The minimum Gasteiger partial charge on any atom is -0.491 e. The zero-order chi connectivity index (χ0) is 21.4. The Bertz CT molecular complexity index is 824. The summed E-state index contributed by atoms with van der Waals surface area (Å²) in [5.41, 5.74) is 0.152. The summed E-state index contributed by atoms with van der Waals surface area (Å²) in [6.45, 7) is 6.88. The van der Waals surface area contributed by atoms with Gasteiger partial charge in [0.1, 0.15) is 18.5 Å². The number of hydrogen-bond donors (Lipinski definition) is 3. The van der Waals surface area contributed by atoms with Gasteiger partial charge < -0.3 is 20.5 Å². The molecule has 1 aromatic heterocycles. The molecule has 0 bridgehead atoms. The van der Waals surface area contributed by atoms with Crippen LogP contribution in [0.5, 0.6) is 5.75 Å². The number of nitrogens with one attached hydrogen (secondary N) is 2. The van der Waals surface area contributed by atoms with Crippen LogP contribution in [0.25, 0.3) is 0 Å². The van der Waals surface area contributed by atoms with Crippen LogP contribution < -0.4 is 15.4 Å². The summed E-state index contributed by atoms with van der Waals surface area (Å²) < 4.78 is 43.5.